The molecule has 1 aromatic carbocycles. The fourth-order valence-electron chi connectivity index (χ4n) is 5.42. The van der Waals surface area contributed by atoms with E-state index in [9.17, 15) is 8.78 Å². The van der Waals surface area contributed by atoms with Crippen LogP contribution in [0.3, 0.4) is 0 Å². The van der Waals surface area contributed by atoms with E-state index >= 15 is 0 Å². The predicted molar refractivity (Wildman–Crippen MR) is 140 cm³/mol. The van der Waals surface area contributed by atoms with Crippen molar-refractivity contribution in [2.75, 3.05) is 35.9 Å². The molecule has 2 aliphatic carbocycles. The quantitative estimate of drug-likeness (QED) is 0.354. The zero-order valence-corrected chi connectivity index (χ0v) is 22.6. The number of methoxy groups -OCH3 is 1. The van der Waals surface area contributed by atoms with Gasteiger partial charge in [0.05, 0.1) is 12.1 Å². The third kappa shape index (κ3) is 5.23. The molecule has 37 heavy (non-hydrogen) atoms. The number of nitrogens with two attached hydrogens (primary N) is 1. The first-order valence-corrected chi connectivity index (χ1v) is 13.7. The number of hydrogen-bond donors (Lipinski definition) is 2. The summed E-state index contributed by atoms with van der Waals surface area (Å²) in [7, 11) is 3.62. The summed E-state index contributed by atoms with van der Waals surface area (Å²) in [6.07, 6.45) is 1.98. The molecular formula is C26H35F2N5O3S. The van der Waals surface area contributed by atoms with Gasteiger partial charge in [-0.25, -0.2) is 18.7 Å². The molecule has 0 amide bonds. The Kier molecular flexibility index (Phi) is 7.25. The molecule has 3 N–H and O–H groups in total. The van der Waals surface area contributed by atoms with E-state index in [0.29, 0.717) is 28.9 Å². The summed E-state index contributed by atoms with van der Waals surface area (Å²) in [5.74, 6) is -0.254. The lowest BCUT2D eigenvalue weighted by Gasteiger charge is -2.26. The number of thioether (sulfide) groups is 1. The fraction of sp³-hybridized carbons (Fsp3) is 0.615. The van der Waals surface area contributed by atoms with E-state index in [1.807, 2.05) is 25.8 Å². The molecule has 6 atom stereocenters. The number of anilines is 3. The maximum atomic E-state index is 13.8. The van der Waals surface area contributed by atoms with Crippen molar-refractivity contribution in [2.45, 2.75) is 87.3 Å². The van der Waals surface area contributed by atoms with Crippen LogP contribution >= 0.6 is 11.8 Å². The zero-order valence-electron chi connectivity index (χ0n) is 21.8. The maximum Gasteiger partial charge on any atom is 0.191 e. The Labute approximate surface area is 220 Å². The average Bonchev–Trinajstić information content (AvgIpc) is 3.51. The van der Waals surface area contributed by atoms with Crippen molar-refractivity contribution < 1.29 is 23.0 Å². The van der Waals surface area contributed by atoms with E-state index in [1.54, 1.807) is 24.9 Å². The smallest absolute Gasteiger partial charge is 0.191 e. The highest BCUT2D eigenvalue weighted by Crippen LogP contribution is 2.47. The highest BCUT2D eigenvalue weighted by Gasteiger charge is 2.54. The topological polar surface area (TPSA) is 94.8 Å². The molecule has 2 saturated carbocycles. The van der Waals surface area contributed by atoms with Crippen LogP contribution in [-0.2, 0) is 14.2 Å². The van der Waals surface area contributed by atoms with Gasteiger partial charge in [-0.3, -0.25) is 0 Å². The van der Waals surface area contributed by atoms with Gasteiger partial charge >= 0.3 is 0 Å². The van der Waals surface area contributed by atoms with E-state index < -0.39 is 17.4 Å². The number of aromatic nitrogens is 2. The summed E-state index contributed by atoms with van der Waals surface area (Å²) in [6.45, 7) is 5.91. The second-order valence-electron chi connectivity index (χ2n) is 10.5. The average molecular weight is 536 g/mol. The molecule has 0 bridgehead atoms. The van der Waals surface area contributed by atoms with Crippen LogP contribution in [0.15, 0.2) is 23.4 Å². The Morgan fingerprint density at radius 3 is 2.65 bits per heavy atom. The maximum absolute atomic E-state index is 13.8. The number of likely N-dealkylation sites (N-methyl/N-ethyl adjacent to an activating group) is 1. The van der Waals surface area contributed by atoms with Crippen molar-refractivity contribution in [1.82, 2.24) is 9.97 Å². The van der Waals surface area contributed by atoms with E-state index in [2.05, 4.69) is 12.2 Å². The molecule has 3 fully saturated rings. The molecule has 1 aliphatic heterocycles. The van der Waals surface area contributed by atoms with Crippen molar-refractivity contribution in [3.63, 3.8) is 0 Å². The minimum atomic E-state index is -0.840. The molecule has 202 valence electrons. The predicted octanol–water partition coefficient (Wildman–Crippen LogP) is 4.55. The summed E-state index contributed by atoms with van der Waals surface area (Å²) in [4.78, 5) is 11.6. The van der Waals surface area contributed by atoms with Gasteiger partial charge in [-0.05, 0) is 50.8 Å². The number of benzene rings is 1. The monoisotopic (exact) mass is 535 g/mol. The van der Waals surface area contributed by atoms with Crippen molar-refractivity contribution in [1.29, 1.82) is 0 Å². The lowest BCUT2D eigenvalue weighted by Crippen LogP contribution is -2.35. The third-order valence-electron chi connectivity index (χ3n) is 7.34. The van der Waals surface area contributed by atoms with Gasteiger partial charge in [-0.2, -0.15) is 0 Å². The van der Waals surface area contributed by atoms with Gasteiger partial charge in [0.2, 0.25) is 0 Å². The van der Waals surface area contributed by atoms with Gasteiger partial charge < -0.3 is 30.2 Å². The summed E-state index contributed by atoms with van der Waals surface area (Å²) in [5.41, 5.74) is 7.87. The number of nitrogen functional groups attached to an aromatic ring is 1. The van der Waals surface area contributed by atoms with Crippen LogP contribution in [-0.4, -0.2) is 66.1 Å². The lowest BCUT2D eigenvalue weighted by molar-refractivity contribution is -0.164. The third-order valence-corrected chi connectivity index (χ3v) is 8.39. The van der Waals surface area contributed by atoms with Crippen LogP contribution < -0.4 is 16.0 Å². The first-order valence-electron chi connectivity index (χ1n) is 12.7. The largest absolute Gasteiger partial charge is 0.393 e. The zero-order chi connectivity index (χ0) is 26.5. The van der Waals surface area contributed by atoms with Crippen LogP contribution in [0.25, 0.3) is 0 Å². The molecule has 1 aromatic heterocycles. The molecule has 5 rings (SSSR count). The lowest BCUT2D eigenvalue weighted by atomic mass is 10.1. The Morgan fingerprint density at radius 2 is 1.95 bits per heavy atom. The second kappa shape index (κ2) is 10.2. The molecular weight excluding hydrogens is 500 g/mol. The van der Waals surface area contributed by atoms with E-state index in [1.165, 1.54) is 12.1 Å². The van der Waals surface area contributed by atoms with Crippen molar-refractivity contribution >= 4 is 29.1 Å². The summed E-state index contributed by atoms with van der Waals surface area (Å²) < 4.78 is 45.3. The molecule has 0 spiro atoms. The number of fused-ring (bicyclic) bond motifs is 1. The summed E-state index contributed by atoms with van der Waals surface area (Å²) in [6, 6.07) is 4.07. The number of rotatable bonds is 9. The Balaban J connectivity index is 1.40. The number of nitrogens with zero attached hydrogens (tertiary/aromatic N) is 3. The number of hydrogen-bond acceptors (Lipinski definition) is 9. The van der Waals surface area contributed by atoms with Crippen LogP contribution in [0.2, 0.25) is 0 Å². The molecule has 0 unspecified atom stereocenters. The van der Waals surface area contributed by atoms with Gasteiger partial charge in [0.1, 0.15) is 17.9 Å². The normalized spacial score (nSPS) is 29.8. The van der Waals surface area contributed by atoms with Crippen LogP contribution in [0.5, 0.6) is 0 Å². The van der Waals surface area contributed by atoms with Crippen molar-refractivity contribution in [3.05, 3.63) is 35.4 Å². The molecule has 1 saturated heterocycles. The van der Waals surface area contributed by atoms with Gasteiger partial charge in [0, 0.05) is 31.9 Å². The first kappa shape index (κ1) is 26.4. The molecule has 8 nitrogen and oxygen atoms in total. The van der Waals surface area contributed by atoms with E-state index in [4.69, 9.17) is 29.9 Å². The molecule has 3 aliphatic rings. The molecule has 2 heterocycles. The fourth-order valence-corrected chi connectivity index (χ4v) is 6.12. The number of nitrogens with one attached hydrogen (secondary N) is 1. The molecule has 0 radical (unpaired) electrons. The summed E-state index contributed by atoms with van der Waals surface area (Å²) >= 11 is 1.57. The Hall–Kier alpha value is -2.21. The van der Waals surface area contributed by atoms with Crippen LogP contribution in [0.1, 0.15) is 51.5 Å². The van der Waals surface area contributed by atoms with Crippen molar-refractivity contribution in [2.24, 2.45) is 0 Å². The number of ether oxygens (including phenoxy) is 3. The molecule has 2 aromatic rings. The van der Waals surface area contributed by atoms with Crippen molar-refractivity contribution in [3.8, 4) is 0 Å². The minimum absolute atomic E-state index is 0.0695. The first-order chi connectivity index (χ1) is 17.6. The Bertz CT molecular complexity index is 1160. The minimum Gasteiger partial charge on any atom is -0.393 e. The number of halogens is 2. The highest BCUT2D eigenvalue weighted by atomic mass is 32.2. The molecule has 11 heteroatoms. The van der Waals surface area contributed by atoms with Crippen LogP contribution in [0, 0.1) is 11.6 Å². The van der Waals surface area contributed by atoms with Gasteiger partial charge in [0.15, 0.2) is 34.2 Å². The van der Waals surface area contributed by atoms with E-state index in [-0.39, 0.29) is 36.3 Å². The SMILES string of the molecule is CCCSc1nc(N[C@@H]2C[C@H](OC)[C@H]3OC(C)(C)O[C@H]32)c(N)c(N(C)[C@@H]2C[C@H]2c2ccc(F)c(F)c2)n1. The van der Waals surface area contributed by atoms with Gasteiger partial charge in [-0.15, -0.1) is 0 Å². The second-order valence-corrected chi connectivity index (χ2v) is 11.5. The van der Waals surface area contributed by atoms with Gasteiger partial charge in [0.25, 0.3) is 0 Å². The van der Waals surface area contributed by atoms with Crippen LogP contribution in [0.4, 0.5) is 26.1 Å². The van der Waals surface area contributed by atoms with Gasteiger partial charge in [-0.1, -0.05) is 24.8 Å². The standard InChI is InChI=1S/C26H35F2N5O3S/c1-6-9-37-25-31-23(30-17-12-19(34-5)22-21(17)35-26(2,3)36-22)20(29)24(32-25)33(4)18-11-14(18)13-7-8-15(27)16(28)10-13/h7-8,10,14,17-19,21-22H,6,9,11-12,29H2,1-5H3,(H,30,31,32)/t14-,17+,18+,19-,21-,22+/m0/s1. The van der Waals surface area contributed by atoms with E-state index in [0.717, 1.165) is 24.2 Å². The summed E-state index contributed by atoms with van der Waals surface area (Å²) in [5, 5.41) is 4.15. The Morgan fingerprint density at radius 1 is 1.19 bits per heavy atom. The highest BCUT2D eigenvalue weighted by molar-refractivity contribution is 7.99.